The molecule has 1 atom stereocenters. The Morgan fingerprint density at radius 3 is 2.82 bits per heavy atom. The summed E-state index contributed by atoms with van der Waals surface area (Å²) < 4.78 is 18.9. The molecule has 0 aliphatic rings. The van der Waals surface area contributed by atoms with Crippen LogP contribution >= 0.6 is 0 Å². The average Bonchev–Trinajstić information content (AvgIpc) is 2.28. The van der Waals surface area contributed by atoms with Gasteiger partial charge < -0.3 is 10.5 Å². The lowest BCUT2D eigenvalue weighted by molar-refractivity contribution is 0.306. The molecule has 0 spiro atoms. The van der Waals surface area contributed by atoms with Crippen molar-refractivity contribution in [2.24, 2.45) is 5.73 Å². The highest BCUT2D eigenvalue weighted by atomic mass is 19.1. The van der Waals surface area contributed by atoms with Crippen molar-refractivity contribution in [2.75, 3.05) is 6.61 Å². The van der Waals surface area contributed by atoms with Gasteiger partial charge in [0.25, 0.3) is 0 Å². The van der Waals surface area contributed by atoms with Crippen LogP contribution in [0.1, 0.15) is 37.8 Å². The first kappa shape index (κ1) is 13.5. The Hall–Kier alpha value is -1.60. The van der Waals surface area contributed by atoms with Crippen LogP contribution in [-0.4, -0.2) is 6.61 Å². The van der Waals surface area contributed by atoms with Crippen molar-refractivity contribution in [3.63, 3.8) is 0 Å². The third-order valence-electron chi connectivity index (χ3n) is 2.41. The fourth-order valence-corrected chi connectivity index (χ4v) is 1.46. The van der Waals surface area contributed by atoms with Crippen LogP contribution in [0.3, 0.4) is 0 Å². The molecule has 0 amide bonds. The van der Waals surface area contributed by atoms with Crippen molar-refractivity contribution >= 4 is 0 Å². The zero-order chi connectivity index (χ0) is 12.7. The SMILES string of the molecule is C[C@@H](N)c1ccc(OCCCCC#N)cc1F. The van der Waals surface area contributed by atoms with Crippen LogP contribution < -0.4 is 10.5 Å². The van der Waals surface area contributed by atoms with Gasteiger partial charge in [-0.05, 0) is 25.8 Å². The largest absolute Gasteiger partial charge is 0.493 e. The second-order valence-electron chi connectivity index (χ2n) is 3.94. The third kappa shape index (κ3) is 4.41. The highest BCUT2D eigenvalue weighted by Gasteiger charge is 2.07. The van der Waals surface area contributed by atoms with Crippen molar-refractivity contribution in [3.05, 3.63) is 29.6 Å². The van der Waals surface area contributed by atoms with Crippen LogP contribution in [0.15, 0.2) is 18.2 Å². The van der Waals surface area contributed by atoms with E-state index in [9.17, 15) is 4.39 Å². The fraction of sp³-hybridized carbons (Fsp3) is 0.462. The number of hydrogen-bond acceptors (Lipinski definition) is 3. The van der Waals surface area contributed by atoms with Crippen LogP contribution in [0.2, 0.25) is 0 Å². The minimum atomic E-state index is -0.338. The maximum atomic E-state index is 13.5. The lowest BCUT2D eigenvalue weighted by Gasteiger charge is -2.10. The van der Waals surface area contributed by atoms with Gasteiger partial charge in [0.05, 0.1) is 12.7 Å². The lowest BCUT2D eigenvalue weighted by Crippen LogP contribution is -2.07. The summed E-state index contributed by atoms with van der Waals surface area (Å²) in [5.41, 5.74) is 6.10. The molecule has 0 aliphatic carbocycles. The Morgan fingerprint density at radius 1 is 1.47 bits per heavy atom. The average molecular weight is 236 g/mol. The predicted molar refractivity (Wildman–Crippen MR) is 64.0 cm³/mol. The molecule has 1 aromatic rings. The molecule has 0 aromatic heterocycles. The molecule has 1 rings (SSSR count). The summed E-state index contributed by atoms with van der Waals surface area (Å²) in [5, 5.41) is 8.35. The number of nitrogens with zero attached hydrogens (tertiary/aromatic N) is 1. The summed E-state index contributed by atoms with van der Waals surface area (Å²) in [6.07, 6.45) is 2.13. The molecule has 0 heterocycles. The molecule has 0 saturated carbocycles. The van der Waals surface area contributed by atoms with Gasteiger partial charge in [0.1, 0.15) is 11.6 Å². The molecule has 3 nitrogen and oxygen atoms in total. The van der Waals surface area contributed by atoms with Crippen LogP contribution in [0.4, 0.5) is 4.39 Å². The maximum absolute atomic E-state index is 13.5. The first-order valence-corrected chi connectivity index (χ1v) is 5.70. The molecule has 0 saturated heterocycles. The Kier molecular flexibility index (Phi) is 5.44. The number of hydrogen-bond donors (Lipinski definition) is 1. The fourth-order valence-electron chi connectivity index (χ4n) is 1.46. The molecule has 4 heteroatoms. The number of ether oxygens (including phenoxy) is 1. The standard InChI is InChI=1S/C13H17FN2O/c1-10(16)12-6-5-11(9-13(12)14)17-8-4-2-3-7-15/h5-6,9-10H,2-4,8,16H2,1H3/t10-/m1/s1. The van der Waals surface area contributed by atoms with Crippen molar-refractivity contribution in [2.45, 2.75) is 32.2 Å². The van der Waals surface area contributed by atoms with E-state index >= 15 is 0 Å². The number of benzene rings is 1. The van der Waals surface area contributed by atoms with Gasteiger partial charge in [0, 0.05) is 24.1 Å². The minimum absolute atomic E-state index is 0.320. The summed E-state index contributed by atoms with van der Waals surface area (Å²) in [6, 6.07) is 6.45. The Bertz CT molecular complexity index is 399. The quantitative estimate of drug-likeness (QED) is 0.772. The van der Waals surface area contributed by atoms with E-state index in [-0.39, 0.29) is 11.9 Å². The molecule has 0 aliphatic heterocycles. The smallest absolute Gasteiger partial charge is 0.131 e. The van der Waals surface area contributed by atoms with Gasteiger partial charge in [0.2, 0.25) is 0 Å². The number of nitrogens with two attached hydrogens (primary N) is 1. The minimum Gasteiger partial charge on any atom is -0.493 e. The summed E-state index contributed by atoms with van der Waals surface area (Å²) in [6.45, 7) is 2.24. The van der Waals surface area contributed by atoms with Crippen LogP contribution in [0, 0.1) is 17.1 Å². The Balaban J connectivity index is 2.45. The monoisotopic (exact) mass is 236 g/mol. The van der Waals surface area contributed by atoms with Gasteiger partial charge in [-0.3, -0.25) is 0 Å². The van der Waals surface area contributed by atoms with E-state index in [2.05, 4.69) is 6.07 Å². The van der Waals surface area contributed by atoms with E-state index < -0.39 is 0 Å². The first-order valence-electron chi connectivity index (χ1n) is 5.70. The van der Waals surface area contributed by atoms with Gasteiger partial charge in [-0.1, -0.05) is 6.07 Å². The predicted octanol–water partition coefficient (Wildman–Crippen LogP) is 2.92. The zero-order valence-corrected chi connectivity index (χ0v) is 9.95. The molecular formula is C13H17FN2O. The lowest BCUT2D eigenvalue weighted by atomic mass is 10.1. The number of halogens is 1. The summed E-state index contributed by atoms with van der Waals surface area (Å²) >= 11 is 0. The van der Waals surface area contributed by atoms with E-state index in [4.69, 9.17) is 15.7 Å². The van der Waals surface area contributed by atoms with Gasteiger partial charge in [0.15, 0.2) is 0 Å². The van der Waals surface area contributed by atoms with Gasteiger partial charge in [-0.2, -0.15) is 5.26 Å². The molecule has 0 unspecified atom stereocenters. The third-order valence-corrected chi connectivity index (χ3v) is 2.41. The first-order chi connectivity index (χ1) is 8.15. The molecule has 0 fully saturated rings. The van der Waals surface area contributed by atoms with E-state index in [0.29, 0.717) is 24.3 Å². The van der Waals surface area contributed by atoms with Crippen molar-refractivity contribution in [1.82, 2.24) is 0 Å². The summed E-state index contributed by atoms with van der Waals surface area (Å²) in [7, 11) is 0. The van der Waals surface area contributed by atoms with Crippen molar-refractivity contribution in [3.8, 4) is 11.8 Å². The van der Waals surface area contributed by atoms with E-state index in [1.54, 1.807) is 19.1 Å². The summed E-state index contributed by atoms with van der Waals surface area (Å²) in [5.74, 6) is 0.165. The molecule has 2 N–H and O–H groups in total. The molecule has 92 valence electrons. The number of nitriles is 1. The topological polar surface area (TPSA) is 59.0 Å². The molecule has 1 aromatic carbocycles. The normalized spacial score (nSPS) is 11.9. The Morgan fingerprint density at radius 2 is 2.24 bits per heavy atom. The van der Waals surface area contributed by atoms with E-state index in [1.165, 1.54) is 6.07 Å². The highest BCUT2D eigenvalue weighted by molar-refractivity contribution is 5.30. The molecule has 0 bridgehead atoms. The Labute approximate surface area is 101 Å². The van der Waals surface area contributed by atoms with Crippen LogP contribution in [0.25, 0.3) is 0 Å². The molecular weight excluding hydrogens is 219 g/mol. The summed E-state index contributed by atoms with van der Waals surface area (Å²) in [4.78, 5) is 0. The molecule has 0 radical (unpaired) electrons. The van der Waals surface area contributed by atoms with Crippen LogP contribution in [-0.2, 0) is 0 Å². The van der Waals surface area contributed by atoms with Crippen molar-refractivity contribution in [1.29, 1.82) is 5.26 Å². The molecule has 17 heavy (non-hydrogen) atoms. The van der Waals surface area contributed by atoms with Crippen LogP contribution in [0.5, 0.6) is 5.75 Å². The van der Waals surface area contributed by atoms with Crippen molar-refractivity contribution < 1.29 is 9.13 Å². The van der Waals surface area contributed by atoms with Gasteiger partial charge >= 0.3 is 0 Å². The highest BCUT2D eigenvalue weighted by Crippen LogP contribution is 2.20. The number of rotatable bonds is 6. The second kappa shape index (κ2) is 6.87. The van der Waals surface area contributed by atoms with Gasteiger partial charge in [-0.15, -0.1) is 0 Å². The zero-order valence-electron chi connectivity index (χ0n) is 9.95. The maximum Gasteiger partial charge on any atom is 0.131 e. The number of unbranched alkanes of at least 4 members (excludes halogenated alkanes) is 2. The van der Waals surface area contributed by atoms with E-state index in [0.717, 1.165) is 12.8 Å². The van der Waals surface area contributed by atoms with Gasteiger partial charge in [-0.25, -0.2) is 4.39 Å². The van der Waals surface area contributed by atoms with E-state index in [1.807, 2.05) is 0 Å². The second-order valence-corrected chi connectivity index (χ2v) is 3.94.